The van der Waals surface area contributed by atoms with E-state index in [1.807, 2.05) is 0 Å². The fraction of sp³-hybridized carbons (Fsp3) is 0.684. The molecule has 0 aromatic heterocycles. The molecule has 21 heavy (non-hydrogen) atoms. The maximum Gasteiger partial charge on any atom is 0.0602 e. The molecule has 1 saturated heterocycles. The van der Waals surface area contributed by atoms with E-state index < -0.39 is 0 Å². The summed E-state index contributed by atoms with van der Waals surface area (Å²) < 4.78 is 0. The van der Waals surface area contributed by atoms with Crippen LogP contribution in [0, 0.1) is 11.8 Å². The van der Waals surface area contributed by atoms with Crippen LogP contribution in [0.1, 0.15) is 52.4 Å². The molecule has 2 fully saturated rings. The van der Waals surface area contributed by atoms with Gasteiger partial charge >= 0.3 is 0 Å². The highest BCUT2D eigenvalue weighted by Gasteiger charge is 2.24. The first-order chi connectivity index (χ1) is 10.2. The van der Waals surface area contributed by atoms with Gasteiger partial charge in [-0.3, -0.25) is 0 Å². The summed E-state index contributed by atoms with van der Waals surface area (Å²) in [7, 11) is 0. The van der Waals surface area contributed by atoms with Gasteiger partial charge in [0.25, 0.3) is 0 Å². The van der Waals surface area contributed by atoms with E-state index in [-0.39, 0.29) is 0 Å². The van der Waals surface area contributed by atoms with Crippen LogP contribution in [0.3, 0.4) is 0 Å². The Kier molecular flexibility index (Phi) is 4.72. The van der Waals surface area contributed by atoms with Gasteiger partial charge in [0.05, 0.1) is 11.4 Å². The predicted molar refractivity (Wildman–Crippen MR) is 92.1 cm³/mol. The van der Waals surface area contributed by atoms with E-state index >= 15 is 0 Å². The maximum absolute atomic E-state index is 3.84. The van der Waals surface area contributed by atoms with Gasteiger partial charge in [0.15, 0.2) is 0 Å². The van der Waals surface area contributed by atoms with Crippen molar-refractivity contribution >= 4 is 11.4 Å². The molecular formula is C19H30N2. The molecule has 0 unspecified atom stereocenters. The predicted octanol–water partition coefficient (Wildman–Crippen LogP) is 4.91. The van der Waals surface area contributed by atoms with Crippen LogP contribution in [0.5, 0.6) is 0 Å². The molecule has 2 aliphatic rings. The zero-order valence-electron chi connectivity index (χ0n) is 13.6. The number of nitrogens with one attached hydrogen (secondary N) is 1. The van der Waals surface area contributed by atoms with E-state index in [1.54, 1.807) is 0 Å². The van der Waals surface area contributed by atoms with Crippen molar-refractivity contribution in [2.75, 3.05) is 23.3 Å². The van der Waals surface area contributed by atoms with Crippen LogP contribution in [-0.4, -0.2) is 19.1 Å². The number of anilines is 2. The highest BCUT2D eigenvalue weighted by atomic mass is 15.2. The lowest BCUT2D eigenvalue weighted by atomic mass is 9.79. The van der Waals surface area contributed by atoms with Crippen molar-refractivity contribution < 1.29 is 0 Å². The molecule has 1 aromatic rings. The van der Waals surface area contributed by atoms with Crippen LogP contribution < -0.4 is 10.2 Å². The molecule has 2 nitrogen and oxygen atoms in total. The second kappa shape index (κ2) is 6.72. The van der Waals surface area contributed by atoms with Gasteiger partial charge in [-0.25, -0.2) is 0 Å². The van der Waals surface area contributed by atoms with Crippen LogP contribution in [0.25, 0.3) is 0 Å². The van der Waals surface area contributed by atoms with Crippen LogP contribution in [0.4, 0.5) is 11.4 Å². The Morgan fingerprint density at radius 2 is 1.67 bits per heavy atom. The van der Waals surface area contributed by atoms with E-state index in [1.165, 1.54) is 63.0 Å². The summed E-state index contributed by atoms with van der Waals surface area (Å²) in [6.07, 6.45) is 8.12. The molecule has 0 radical (unpaired) electrons. The molecule has 0 amide bonds. The Bertz CT molecular complexity index is 441. The first-order valence-electron chi connectivity index (χ1n) is 8.84. The van der Waals surface area contributed by atoms with Gasteiger partial charge in [0.1, 0.15) is 0 Å². The standard InChI is InChI=1S/C19H30N2/c1-15(2)16-9-11-17(12-10-16)20-18-7-3-4-8-19(18)21-13-5-6-14-21/h3-4,7-8,15-17,20H,5-6,9-14H2,1-2H3. The number of para-hydroxylation sites is 2. The lowest BCUT2D eigenvalue weighted by Crippen LogP contribution is -2.29. The summed E-state index contributed by atoms with van der Waals surface area (Å²) in [5, 5.41) is 3.84. The second-order valence-electron chi connectivity index (χ2n) is 7.21. The van der Waals surface area contributed by atoms with Gasteiger partial charge in [-0.1, -0.05) is 26.0 Å². The zero-order valence-corrected chi connectivity index (χ0v) is 13.6. The third-order valence-corrected chi connectivity index (χ3v) is 5.43. The summed E-state index contributed by atoms with van der Waals surface area (Å²) in [5.41, 5.74) is 2.77. The van der Waals surface area contributed by atoms with Crippen molar-refractivity contribution in [3.8, 4) is 0 Å². The lowest BCUT2D eigenvalue weighted by molar-refractivity contribution is 0.267. The number of benzene rings is 1. The number of nitrogens with zero attached hydrogens (tertiary/aromatic N) is 1. The summed E-state index contributed by atoms with van der Waals surface area (Å²) in [4.78, 5) is 2.54. The minimum absolute atomic E-state index is 0.670. The lowest BCUT2D eigenvalue weighted by Gasteiger charge is -2.33. The largest absolute Gasteiger partial charge is 0.381 e. The van der Waals surface area contributed by atoms with Crippen LogP contribution in [0.2, 0.25) is 0 Å². The molecule has 116 valence electrons. The minimum Gasteiger partial charge on any atom is -0.381 e. The molecule has 0 spiro atoms. The molecule has 1 heterocycles. The summed E-state index contributed by atoms with van der Waals surface area (Å²) in [6, 6.07) is 9.56. The SMILES string of the molecule is CC(C)C1CCC(Nc2ccccc2N2CCCC2)CC1. The Morgan fingerprint density at radius 1 is 1.00 bits per heavy atom. The number of hydrogen-bond donors (Lipinski definition) is 1. The fourth-order valence-electron chi connectivity index (χ4n) is 3.98. The highest BCUT2D eigenvalue weighted by Crippen LogP contribution is 2.34. The molecule has 1 aliphatic heterocycles. The van der Waals surface area contributed by atoms with E-state index in [2.05, 4.69) is 48.3 Å². The third-order valence-electron chi connectivity index (χ3n) is 5.43. The number of rotatable bonds is 4. The van der Waals surface area contributed by atoms with Crippen molar-refractivity contribution in [1.29, 1.82) is 0 Å². The average molecular weight is 286 g/mol. The Morgan fingerprint density at radius 3 is 2.33 bits per heavy atom. The van der Waals surface area contributed by atoms with Gasteiger partial charge in [0, 0.05) is 19.1 Å². The Labute approximate surface area is 129 Å². The number of hydrogen-bond acceptors (Lipinski definition) is 2. The molecule has 0 bridgehead atoms. The molecular weight excluding hydrogens is 256 g/mol. The molecule has 1 saturated carbocycles. The van der Waals surface area contributed by atoms with Gasteiger partial charge in [-0.05, 0) is 62.5 Å². The van der Waals surface area contributed by atoms with E-state index in [9.17, 15) is 0 Å². The van der Waals surface area contributed by atoms with Gasteiger partial charge in [0.2, 0.25) is 0 Å². The van der Waals surface area contributed by atoms with Gasteiger partial charge in [-0.15, -0.1) is 0 Å². The molecule has 1 aromatic carbocycles. The molecule has 2 heteroatoms. The molecule has 1 N–H and O–H groups in total. The smallest absolute Gasteiger partial charge is 0.0602 e. The zero-order chi connectivity index (χ0) is 14.7. The van der Waals surface area contributed by atoms with E-state index in [4.69, 9.17) is 0 Å². The van der Waals surface area contributed by atoms with Crippen molar-refractivity contribution in [2.45, 2.75) is 58.4 Å². The normalized spacial score (nSPS) is 26.3. The van der Waals surface area contributed by atoms with Crippen molar-refractivity contribution in [3.05, 3.63) is 24.3 Å². The van der Waals surface area contributed by atoms with Crippen LogP contribution >= 0.6 is 0 Å². The average Bonchev–Trinajstić information content (AvgIpc) is 3.02. The van der Waals surface area contributed by atoms with Crippen molar-refractivity contribution in [3.63, 3.8) is 0 Å². The van der Waals surface area contributed by atoms with Crippen molar-refractivity contribution in [1.82, 2.24) is 0 Å². The Hall–Kier alpha value is -1.18. The van der Waals surface area contributed by atoms with Gasteiger partial charge < -0.3 is 10.2 Å². The molecule has 1 aliphatic carbocycles. The quantitative estimate of drug-likeness (QED) is 0.845. The van der Waals surface area contributed by atoms with Crippen LogP contribution in [-0.2, 0) is 0 Å². The van der Waals surface area contributed by atoms with Crippen LogP contribution in [0.15, 0.2) is 24.3 Å². The summed E-state index contributed by atoms with van der Waals surface area (Å²) in [6.45, 7) is 7.19. The fourth-order valence-corrected chi connectivity index (χ4v) is 3.98. The highest BCUT2D eigenvalue weighted by molar-refractivity contribution is 5.70. The second-order valence-corrected chi connectivity index (χ2v) is 7.21. The van der Waals surface area contributed by atoms with Gasteiger partial charge in [-0.2, -0.15) is 0 Å². The Balaban J connectivity index is 1.63. The maximum atomic E-state index is 3.84. The summed E-state index contributed by atoms with van der Waals surface area (Å²) in [5.74, 6) is 1.79. The van der Waals surface area contributed by atoms with Crippen molar-refractivity contribution in [2.24, 2.45) is 11.8 Å². The monoisotopic (exact) mass is 286 g/mol. The van der Waals surface area contributed by atoms with E-state index in [0.717, 1.165) is 11.8 Å². The minimum atomic E-state index is 0.670. The van der Waals surface area contributed by atoms with E-state index in [0.29, 0.717) is 6.04 Å². The third kappa shape index (κ3) is 3.53. The molecule has 3 rings (SSSR count). The topological polar surface area (TPSA) is 15.3 Å². The first kappa shape index (κ1) is 14.7. The summed E-state index contributed by atoms with van der Waals surface area (Å²) >= 11 is 0. The first-order valence-corrected chi connectivity index (χ1v) is 8.84. The molecule has 0 atom stereocenters.